The van der Waals surface area contributed by atoms with Crippen LogP contribution in [0.1, 0.15) is 33.9 Å². The van der Waals surface area contributed by atoms with Crippen LogP contribution in [0.25, 0.3) is 11.1 Å². The standard InChI is InChI=1S/C28H23F3N2O4S/c1-18-9-3-4-13-22(18)27(32-38(36,37)25-16-6-5-15-24(25)33(34)35)26-19(2)10-7-14-23(26)20-11-8-12-21(17-20)28(29,30)31/h3-17,27,32H,1-2H3. The van der Waals surface area contributed by atoms with E-state index in [0.29, 0.717) is 22.3 Å². The van der Waals surface area contributed by atoms with Gasteiger partial charge in [-0.3, -0.25) is 10.1 Å². The first-order valence-corrected chi connectivity index (χ1v) is 13.0. The van der Waals surface area contributed by atoms with Gasteiger partial charge in [0.1, 0.15) is 0 Å². The number of aryl methyl sites for hydroxylation is 2. The minimum absolute atomic E-state index is 0.252. The zero-order valence-corrected chi connectivity index (χ0v) is 21.2. The molecule has 0 spiro atoms. The van der Waals surface area contributed by atoms with E-state index >= 15 is 0 Å². The van der Waals surface area contributed by atoms with Crippen molar-refractivity contribution in [1.29, 1.82) is 0 Å². The summed E-state index contributed by atoms with van der Waals surface area (Å²) in [5.74, 6) is 0. The van der Waals surface area contributed by atoms with E-state index in [-0.39, 0.29) is 5.56 Å². The van der Waals surface area contributed by atoms with Crippen LogP contribution in [0, 0.1) is 24.0 Å². The third-order valence-corrected chi connectivity index (χ3v) is 7.71. The minimum Gasteiger partial charge on any atom is -0.258 e. The molecular weight excluding hydrogens is 517 g/mol. The number of para-hydroxylation sites is 1. The van der Waals surface area contributed by atoms with Gasteiger partial charge in [0.2, 0.25) is 10.0 Å². The summed E-state index contributed by atoms with van der Waals surface area (Å²) in [6, 6.07) is 20.8. The Morgan fingerprint density at radius 2 is 1.47 bits per heavy atom. The van der Waals surface area contributed by atoms with Gasteiger partial charge in [-0.2, -0.15) is 17.9 Å². The molecule has 10 heteroatoms. The van der Waals surface area contributed by atoms with Gasteiger partial charge in [-0.1, -0.05) is 66.7 Å². The summed E-state index contributed by atoms with van der Waals surface area (Å²) in [7, 11) is -4.47. The summed E-state index contributed by atoms with van der Waals surface area (Å²) in [4.78, 5) is 10.3. The molecule has 0 radical (unpaired) electrons. The highest BCUT2D eigenvalue weighted by atomic mass is 32.2. The number of halogens is 3. The second-order valence-corrected chi connectivity index (χ2v) is 10.4. The molecule has 0 aromatic heterocycles. The van der Waals surface area contributed by atoms with Crippen molar-refractivity contribution in [3.05, 3.63) is 129 Å². The van der Waals surface area contributed by atoms with Crippen molar-refractivity contribution >= 4 is 15.7 Å². The highest BCUT2D eigenvalue weighted by Crippen LogP contribution is 2.39. The first-order chi connectivity index (χ1) is 17.9. The summed E-state index contributed by atoms with van der Waals surface area (Å²) in [6.07, 6.45) is -4.57. The minimum atomic E-state index is -4.57. The van der Waals surface area contributed by atoms with Crippen LogP contribution in [0.4, 0.5) is 18.9 Å². The van der Waals surface area contributed by atoms with Crippen LogP contribution in [-0.2, 0) is 16.2 Å². The summed E-state index contributed by atoms with van der Waals surface area (Å²) < 4.78 is 70.4. The number of hydrogen-bond acceptors (Lipinski definition) is 4. The lowest BCUT2D eigenvalue weighted by molar-refractivity contribution is -0.387. The van der Waals surface area contributed by atoms with E-state index in [1.54, 1.807) is 56.3 Å². The molecule has 38 heavy (non-hydrogen) atoms. The Bertz CT molecular complexity index is 1620. The number of benzene rings is 4. The quantitative estimate of drug-likeness (QED) is 0.203. The molecule has 0 aliphatic carbocycles. The smallest absolute Gasteiger partial charge is 0.258 e. The van der Waals surface area contributed by atoms with E-state index in [1.165, 1.54) is 24.3 Å². The molecule has 4 aromatic rings. The monoisotopic (exact) mass is 540 g/mol. The molecule has 4 rings (SSSR count). The van der Waals surface area contributed by atoms with Gasteiger partial charge < -0.3 is 0 Å². The van der Waals surface area contributed by atoms with E-state index in [0.717, 1.165) is 29.8 Å². The number of hydrogen-bond donors (Lipinski definition) is 1. The molecule has 0 bridgehead atoms. The molecule has 0 saturated carbocycles. The second-order valence-electron chi connectivity index (χ2n) is 8.75. The molecule has 6 nitrogen and oxygen atoms in total. The predicted molar refractivity (Wildman–Crippen MR) is 138 cm³/mol. The summed E-state index contributed by atoms with van der Waals surface area (Å²) >= 11 is 0. The molecule has 0 heterocycles. The van der Waals surface area contributed by atoms with E-state index in [9.17, 15) is 31.7 Å². The molecule has 196 valence electrons. The lowest BCUT2D eigenvalue weighted by atomic mass is 9.86. The zero-order chi connectivity index (χ0) is 27.7. The van der Waals surface area contributed by atoms with Gasteiger partial charge >= 0.3 is 6.18 Å². The average Bonchev–Trinajstić information content (AvgIpc) is 2.87. The Labute approximate surface area is 218 Å². The normalized spacial score (nSPS) is 12.8. The Morgan fingerprint density at radius 1 is 0.842 bits per heavy atom. The largest absolute Gasteiger partial charge is 0.416 e. The van der Waals surface area contributed by atoms with Gasteiger partial charge in [0.05, 0.1) is 16.5 Å². The van der Waals surface area contributed by atoms with Crippen molar-refractivity contribution in [3.63, 3.8) is 0 Å². The van der Waals surface area contributed by atoms with E-state index in [2.05, 4.69) is 4.72 Å². The van der Waals surface area contributed by atoms with Crippen molar-refractivity contribution in [1.82, 2.24) is 4.72 Å². The van der Waals surface area contributed by atoms with Crippen molar-refractivity contribution in [2.24, 2.45) is 0 Å². The number of nitro groups is 1. The maximum atomic E-state index is 13.6. The second kappa shape index (κ2) is 10.4. The first kappa shape index (κ1) is 27.0. The van der Waals surface area contributed by atoms with Crippen LogP contribution in [-0.4, -0.2) is 13.3 Å². The fourth-order valence-electron chi connectivity index (χ4n) is 4.42. The third-order valence-electron chi connectivity index (χ3n) is 6.24. The highest BCUT2D eigenvalue weighted by Gasteiger charge is 2.33. The molecule has 0 saturated heterocycles. The Morgan fingerprint density at radius 3 is 2.16 bits per heavy atom. The molecule has 0 aliphatic heterocycles. The Kier molecular flexibility index (Phi) is 7.39. The van der Waals surface area contributed by atoms with E-state index in [4.69, 9.17) is 0 Å². The SMILES string of the molecule is Cc1ccccc1C(NS(=O)(=O)c1ccccc1[N+](=O)[O-])c1c(C)cccc1-c1cccc(C(F)(F)F)c1. The van der Waals surface area contributed by atoms with Gasteiger partial charge in [-0.15, -0.1) is 0 Å². The van der Waals surface area contributed by atoms with Crippen LogP contribution in [0.2, 0.25) is 0 Å². The van der Waals surface area contributed by atoms with Crippen LogP contribution in [0.15, 0.2) is 95.9 Å². The molecule has 0 amide bonds. The lowest BCUT2D eigenvalue weighted by Crippen LogP contribution is -2.31. The summed E-state index contributed by atoms with van der Waals surface area (Å²) in [6.45, 7) is 3.51. The fourth-order valence-corrected chi connectivity index (χ4v) is 5.78. The molecule has 0 aliphatic rings. The van der Waals surface area contributed by atoms with Crippen molar-refractivity contribution < 1.29 is 26.5 Å². The molecule has 1 N–H and O–H groups in total. The van der Waals surface area contributed by atoms with Gasteiger partial charge in [0.15, 0.2) is 4.90 Å². The maximum absolute atomic E-state index is 13.6. The Hall–Kier alpha value is -4.02. The van der Waals surface area contributed by atoms with E-state index < -0.39 is 43.3 Å². The fraction of sp³-hybridized carbons (Fsp3) is 0.143. The number of nitrogens with one attached hydrogen (secondary N) is 1. The number of nitrogens with zero attached hydrogens (tertiary/aromatic N) is 1. The average molecular weight is 541 g/mol. The number of sulfonamides is 1. The van der Waals surface area contributed by atoms with Crippen LogP contribution < -0.4 is 4.72 Å². The zero-order valence-electron chi connectivity index (χ0n) is 20.4. The molecule has 0 fully saturated rings. The third kappa shape index (κ3) is 5.46. The van der Waals surface area contributed by atoms with Gasteiger partial charge in [0.25, 0.3) is 5.69 Å². The van der Waals surface area contributed by atoms with Crippen LogP contribution in [0.5, 0.6) is 0 Å². The molecule has 1 atom stereocenters. The van der Waals surface area contributed by atoms with Crippen LogP contribution in [0.3, 0.4) is 0 Å². The molecular formula is C28H23F3N2O4S. The van der Waals surface area contributed by atoms with E-state index in [1.807, 2.05) is 0 Å². The highest BCUT2D eigenvalue weighted by molar-refractivity contribution is 7.89. The predicted octanol–water partition coefficient (Wildman–Crippen LogP) is 6.97. The van der Waals surface area contributed by atoms with Crippen molar-refractivity contribution in [2.75, 3.05) is 0 Å². The topological polar surface area (TPSA) is 89.3 Å². The number of alkyl halides is 3. The number of nitro benzene ring substituents is 1. The molecule has 4 aromatic carbocycles. The summed E-state index contributed by atoms with van der Waals surface area (Å²) in [5.41, 5.74) is 1.55. The van der Waals surface area contributed by atoms with Gasteiger partial charge in [-0.25, -0.2) is 8.42 Å². The maximum Gasteiger partial charge on any atom is 0.416 e. The van der Waals surface area contributed by atoms with Crippen molar-refractivity contribution in [2.45, 2.75) is 31.0 Å². The lowest BCUT2D eigenvalue weighted by Gasteiger charge is -2.26. The summed E-state index contributed by atoms with van der Waals surface area (Å²) in [5, 5.41) is 11.6. The van der Waals surface area contributed by atoms with Gasteiger partial charge in [0, 0.05) is 6.07 Å². The first-order valence-electron chi connectivity index (χ1n) is 11.5. The Balaban J connectivity index is 1.96. The van der Waals surface area contributed by atoms with Crippen molar-refractivity contribution in [3.8, 4) is 11.1 Å². The molecule has 1 unspecified atom stereocenters. The number of rotatable bonds is 7. The van der Waals surface area contributed by atoms with Crippen LogP contribution >= 0.6 is 0 Å². The van der Waals surface area contributed by atoms with Gasteiger partial charge in [-0.05, 0) is 65.4 Å².